The van der Waals surface area contributed by atoms with Crippen LogP contribution in [0, 0.1) is 13.8 Å². The van der Waals surface area contributed by atoms with Crippen LogP contribution in [0.3, 0.4) is 0 Å². The number of aromatic hydroxyl groups is 1. The molecule has 0 saturated carbocycles. The van der Waals surface area contributed by atoms with Gasteiger partial charge < -0.3 is 19.5 Å². The number of hydrogen-bond donors (Lipinski definition) is 3. The molecule has 2 aromatic heterocycles. The molecule has 0 aliphatic rings. The summed E-state index contributed by atoms with van der Waals surface area (Å²) in [6.07, 6.45) is -0.662. The molecule has 0 spiro atoms. The highest BCUT2D eigenvalue weighted by atomic mass is 32.1. The van der Waals surface area contributed by atoms with Crippen LogP contribution in [0.2, 0.25) is 0 Å². The number of ether oxygens (including phenoxy) is 1. The molecule has 0 saturated heterocycles. The third kappa shape index (κ3) is 4.52. The lowest BCUT2D eigenvalue weighted by Gasteiger charge is -2.16. The van der Waals surface area contributed by atoms with Gasteiger partial charge >= 0.3 is 0 Å². The zero-order valence-corrected chi connectivity index (χ0v) is 17.1. The van der Waals surface area contributed by atoms with Gasteiger partial charge in [0.15, 0.2) is 0 Å². The summed E-state index contributed by atoms with van der Waals surface area (Å²) in [5, 5.41) is 26.0. The zero-order valence-electron chi connectivity index (χ0n) is 16.3. The Balaban J connectivity index is 1.85. The van der Waals surface area contributed by atoms with Crippen molar-refractivity contribution in [2.24, 2.45) is 0 Å². The molecular formula is C21H28N2O3S. The van der Waals surface area contributed by atoms with E-state index in [-0.39, 0.29) is 18.4 Å². The Bertz CT molecular complexity index is 914. The van der Waals surface area contributed by atoms with E-state index in [2.05, 4.69) is 35.2 Å². The monoisotopic (exact) mass is 388 g/mol. The van der Waals surface area contributed by atoms with E-state index in [1.807, 2.05) is 26.0 Å². The molecule has 3 aromatic rings. The first-order chi connectivity index (χ1) is 12.9. The Kier molecular flexibility index (Phi) is 6.22. The van der Waals surface area contributed by atoms with Crippen LogP contribution in [0.4, 0.5) is 0 Å². The number of nitrogens with one attached hydrogen (secondary N) is 1. The second-order valence-electron chi connectivity index (χ2n) is 7.23. The van der Waals surface area contributed by atoms with E-state index in [0.29, 0.717) is 13.2 Å². The number of nitrogens with zero attached hydrogens (tertiary/aromatic N) is 1. The predicted molar refractivity (Wildman–Crippen MR) is 111 cm³/mol. The highest BCUT2D eigenvalue weighted by Gasteiger charge is 2.17. The van der Waals surface area contributed by atoms with Crippen LogP contribution in [0.1, 0.15) is 25.0 Å². The normalized spacial score (nSPS) is 13.0. The van der Waals surface area contributed by atoms with Gasteiger partial charge in [0.25, 0.3) is 0 Å². The molecule has 0 aliphatic heterocycles. The minimum absolute atomic E-state index is 0.209. The Morgan fingerprint density at radius 1 is 1.22 bits per heavy atom. The average molecular weight is 389 g/mol. The van der Waals surface area contributed by atoms with Gasteiger partial charge in [0.2, 0.25) is 0 Å². The number of hydrogen-bond acceptors (Lipinski definition) is 5. The summed E-state index contributed by atoms with van der Waals surface area (Å²) in [5.41, 5.74) is 4.64. The molecule has 1 unspecified atom stereocenters. The van der Waals surface area contributed by atoms with Gasteiger partial charge in [-0.25, -0.2) is 0 Å². The molecule has 0 bridgehead atoms. The molecule has 0 amide bonds. The number of benzene rings is 1. The lowest BCUT2D eigenvalue weighted by atomic mass is 10.1. The van der Waals surface area contributed by atoms with E-state index in [4.69, 9.17) is 4.74 Å². The van der Waals surface area contributed by atoms with Gasteiger partial charge in [-0.3, -0.25) is 5.32 Å². The van der Waals surface area contributed by atoms with Gasteiger partial charge in [0.1, 0.15) is 12.0 Å². The van der Waals surface area contributed by atoms with Crippen molar-refractivity contribution in [3.8, 4) is 16.3 Å². The molecule has 2 heterocycles. The van der Waals surface area contributed by atoms with Crippen LogP contribution in [-0.2, 0) is 11.3 Å². The van der Waals surface area contributed by atoms with Crippen molar-refractivity contribution in [1.82, 2.24) is 9.88 Å². The summed E-state index contributed by atoms with van der Waals surface area (Å²) in [5.74, 6) is 0.274. The molecule has 5 nitrogen and oxygen atoms in total. The largest absolute Gasteiger partial charge is 0.508 e. The van der Waals surface area contributed by atoms with Gasteiger partial charge in [0, 0.05) is 23.5 Å². The Morgan fingerprint density at radius 2 is 2.00 bits per heavy atom. The van der Waals surface area contributed by atoms with Crippen LogP contribution in [0.15, 0.2) is 29.6 Å². The van der Waals surface area contributed by atoms with Crippen LogP contribution in [0.5, 0.6) is 5.75 Å². The third-order valence-electron chi connectivity index (χ3n) is 4.52. The second kappa shape index (κ2) is 8.44. The van der Waals surface area contributed by atoms with E-state index >= 15 is 0 Å². The molecule has 27 heavy (non-hydrogen) atoms. The molecule has 0 aliphatic carbocycles. The molecule has 1 atom stereocenters. The van der Waals surface area contributed by atoms with Gasteiger partial charge in [-0.05, 0) is 68.5 Å². The van der Waals surface area contributed by atoms with Crippen molar-refractivity contribution < 1.29 is 14.9 Å². The Labute approximate surface area is 164 Å². The molecule has 3 N–H and O–H groups in total. The number of phenolic OH excluding ortho intramolecular Hbond substituents is 1. The van der Waals surface area contributed by atoms with Gasteiger partial charge in [-0.2, -0.15) is 0 Å². The van der Waals surface area contributed by atoms with E-state index in [1.54, 1.807) is 17.4 Å². The maximum atomic E-state index is 9.91. The number of aliphatic hydroxyl groups excluding tert-OH is 1. The molecule has 1 aromatic carbocycles. The summed E-state index contributed by atoms with van der Waals surface area (Å²) in [6, 6.07) is 7.90. The van der Waals surface area contributed by atoms with Crippen molar-refractivity contribution >= 4 is 22.2 Å². The highest BCUT2D eigenvalue weighted by Crippen LogP contribution is 2.37. The maximum absolute atomic E-state index is 9.91. The van der Waals surface area contributed by atoms with Gasteiger partial charge in [-0.1, -0.05) is 0 Å². The van der Waals surface area contributed by atoms with Gasteiger partial charge in [0.05, 0.1) is 23.8 Å². The first kappa shape index (κ1) is 19.9. The van der Waals surface area contributed by atoms with E-state index in [1.165, 1.54) is 10.4 Å². The summed E-state index contributed by atoms with van der Waals surface area (Å²) >= 11 is 1.73. The quantitative estimate of drug-likeness (QED) is 0.403. The van der Waals surface area contributed by atoms with E-state index < -0.39 is 6.23 Å². The van der Waals surface area contributed by atoms with Crippen molar-refractivity contribution in [3.05, 3.63) is 40.8 Å². The molecule has 3 rings (SSSR count). The lowest BCUT2D eigenvalue weighted by Crippen LogP contribution is -2.38. The zero-order chi connectivity index (χ0) is 19.6. The number of aromatic nitrogens is 1. The second-order valence-corrected chi connectivity index (χ2v) is 8.14. The third-order valence-corrected chi connectivity index (χ3v) is 5.58. The van der Waals surface area contributed by atoms with E-state index in [9.17, 15) is 10.2 Å². The number of fused-ring (bicyclic) bond motifs is 1. The SMILES string of the molecule is Cc1csc(-c2c(C)c3cc(O)ccc3n2CCOCC(O)NC(C)C)c1. The number of aliphatic hydroxyl groups is 1. The minimum Gasteiger partial charge on any atom is -0.508 e. The molecular weight excluding hydrogens is 360 g/mol. The highest BCUT2D eigenvalue weighted by molar-refractivity contribution is 7.13. The number of rotatable bonds is 8. The standard InChI is InChI=1S/C21H28N2O3S/c1-13(2)22-20(25)11-26-8-7-23-18-6-5-16(24)10-17(18)15(4)21(23)19-9-14(3)12-27-19/h5-6,9-10,12-13,20,22,24-25H,7-8,11H2,1-4H3. The maximum Gasteiger partial charge on any atom is 0.128 e. The molecule has 0 radical (unpaired) electrons. The Hall–Kier alpha value is -1.86. The number of thiophene rings is 1. The van der Waals surface area contributed by atoms with Crippen molar-refractivity contribution in [3.63, 3.8) is 0 Å². The fourth-order valence-electron chi connectivity index (χ4n) is 3.40. The fourth-order valence-corrected chi connectivity index (χ4v) is 4.41. The van der Waals surface area contributed by atoms with Gasteiger partial charge in [-0.15, -0.1) is 11.3 Å². The van der Waals surface area contributed by atoms with Crippen LogP contribution >= 0.6 is 11.3 Å². The van der Waals surface area contributed by atoms with Crippen LogP contribution in [-0.4, -0.2) is 40.3 Å². The number of aryl methyl sites for hydroxylation is 2. The fraction of sp³-hybridized carbons (Fsp3) is 0.429. The smallest absolute Gasteiger partial charge is 0.128 e. The summed E-state index contributed by atoms with van der Waals surface area (Å²) in [4.78, 5) is 1.21. The molecule has 0 fully saturated rings. The van der Waals surface area contributed by atoms with E-state index in [0.717, 1.165) is 22.2 Å². The summed E-state index contributed by atoms with van der Waals surface area (Å²) < 4.78 is 7.95. The number of phenols is 1. The average Bonchev–Trinajstić information content (AvgIpc) is 3.13. The lowest BCUT2D eigenvalue weighted by molar-refractivity contribution is 0.0123. The molecule has 6 heteroatoms. The molecule has 146 valence electrons. The summed E-state index contributed by atoms with van der Waals surface area (Å²) in [6.45, 7) is 9.60. The predicted octanol–water partition coefficient (Wildman–Crippen LogP) is 4.03. The first-order valence-corrected chi connectivity index (χ1v) is 10.1. The Morgan fingerprint density at radius 3 is 2.67 bits per heavy atom. The van der Waals surface area contributed by atoms with Crippen LogP contribution in [0.25, 0.3) is 21.5 Å². The summed E-state index contributed by atoms with van der Waals surface area (Å²) in [7, 11) is 0. The van der Waals surface area contributed by atoms with Crippen molar-refractivity contribution in [2.45, 2.75) is 46.5 Å². The van der Waals surface area contributed by atoms with Crippen LogP contribution < -0.4 is 5.32 Å². The topological polar surface area (TPSA) is 66.7 Å². The minimum atomic E-state index is -0.662. The first-order valence-electron chi connectivity index (χ1n) is 9.26. The van der Waals surface area contributed by atoms with Crippen molar-refractivity contribution in [2.75, 3.05) is 13.2 Å². The van der Waals surface area contributed by atoms with Crippen molar-refractivity contribution in [1.29, 1.82) is 0 Å².